The first-order chi connectivity index (χ1) is 13.9. The highest BCUT2D eigenvalue weighted by Gasteiger charge is 2.51. The van der Waals surface area contributed by atoms with E-state index in [-0.39, 0.29) is 12.2 Å². The molecule has 2 aromatic carbocycles. The van der Waals surface area contributed by atoms with Gasteiger partial charge < -0.3 is 10.0 Å². The zero-order chi connectivity index (χ0) is 20.6. The number of amides is 1. The summed E-state index contributed by atoms with van der Waals surface area (Å²) >= 11 is 10.5. The maximum atomic E-state index is 13.3. The van der Waals surface area contributed by atoms with Gasteiger partial charge in [0.05, 0.1) is 21.3 Å². The Morgan fingerprint density at radius 1 is 1.14 bits per heavy atom. The number of rotatable bonds is 6. The number of halogens is 2. The maximum Gasteiger partial charge on any atom is 0.264 e. The second kappa shape index (κ2) is 8.03. The summed E-state index contributed by atoms with van der Waals surface area (Å²) < 4.78 is 1.23. The number of benzene rings is 2. The number of anilines is 1. The molecule has 148 valence electrons. The average molecular weight is 491 g/mol. The highest BCUT2D eigenvalue weighted by atomic mass is 79.9. The van der Waals surface area contributed by atoms with Crippen LogP contribution in [0.5, 0.6) is 0 Å². The van der Waals surface area contributed by atoms with Crippen molar-refractivity contribution in [3.63, 3.8) is 0 Å². The minimum atomic E-state index is -1.90. The number of Topliss-reactive ketones (excluding diaryl/α,β-unsaturated/α-hetero) is 1. The SMILES string of the molecule is O=C(C[C@@]1(O)C(=O)N(CCc2ccccc2)c2ccc(Br)cc21)c1ccc(Cl)s1. The number of aliphatic hydroxyl groups is 1. The first kappa shape index (κ1) is 20.3. The van der Waals surface area contributed by atoms with Gasteiger partial charge in [0.2, 0.25) is 0 Å². The molecular formula is C22H17BrClNO3S. The first-order valence-electron chi connectivity index (χ1n) is 9.05. The summed E-state index contributed by atoms with van der Waals surface area (Å²) in [5, 5.41) is 11.4. The van der Waals surface area contributed by atoms with E-state index in [9.17, 15) is 14.7 Å². The van der Waals surface area contributed by atoms with Crippen LogP contribution in [0.25, 0.3) is 0 Å². The van der Waals surface area contributed by atoms with Crippen molar-refractivity contribution in [1.82, 2.24) is 0 Å². The van der Waals surface area contributed by atoms with Gasteiger partial charge in [-0.25, -0.2) is 0 Å². The molecule has 1 aromatic heterocycles. The van der Waals surface area contributed by atoms with Gasteiger partial charge >= 0.3 is 0 Å². The number of ketones is 1. The maximum absolute atomic E-state index is 13.3. The molecule has 1 amide bonds. The van der Waals surface area contributed by atoms with Gasteiger partial charge in [-0.1, -0.05) is 57.9 Å². The number of nitrogens with zero attached hydrogens (tertiary/aromatic N) is 1. The molecular weight excluding hydrogens is 474 g/mol. The Balaban J connectivity index is 1.65. The van der Waals surface area contributed by atoms with Crippen LogP contribution in [0.15, 0.2) is 65.1 Å². The van der Waals surface area contributed by atoms with Crippen LogP contribution in [-0.4, -0.2) is 23.3 Å². The van der Waals surface area contributed by atoms with Crippen LogP contribution in [0.3, 0.4) is 0 Å². The Labute approximate surface area is 185 Å². The number of hydrogen-bond donors (Lipinski definition) is 1. The Morgan fingerprint density at radius 3 is 2.59 bits per heavy atom. The lowest BCUT2D eigenvalue weighted by Gasteiger charge is -2.22. The third kappa shape index (κ3) is 3.90. The van der Waals surface area contributed by atoms with E-state index >= 15 is 0 Å². The van der Waals surface area contributed by atoms with Gasteiger partial charge in [-0.15, -0.1) is 11.3 Å². The van der Waals surface area contributed by atoms with Crippen molar-refractivity contribution in [2.24, 2.45) is 0 Å². The number of hydrogen-bond acceptors (Lipinski definition) is 4. The quantitative estimate of drug-likeness (QED) is 0.482. The minimum absolute atomic E-state index is 0.311. The van der Waals surface area contributed by atoms with E-state index in [2.05, 4.69) is 15.9 Å². The smallest absolute Gasteiger partial charge is 0.264 e. The molecule has 0 saturated heterocycles. The summed E-state index contributed by atoms with van der Waals surface area (Å²) in [6.45, 7) is 0.415. The molecule has 1 aliphatic heterocycles. The third-order valence-corrected chi connectivity index (χ3v) is 6.79. The molecule has 0 aliphatic carbocycles. The molecule has 29 heavy (non-hydrogen) atoms. The Kier molecular flexibility index (Phi) is 5.62. The fraction of sp³-hybridized carbons (Fsp3) is 0.182. The predicted molar refractivity (Wildman–Crippen MR) is 119 cm³/mol. The van der Waals surface area contributed by atoms with Crippen LogP contribution in [0, 0.1) is 0 Å². The van der Waals surface area contributed by atoms with Crippen molar-refractivity contribution >= 4 is 56.2 Å². The summed E-state index contributed by atoms with van der Waals surface area (Å²) in [6, 6.07) is 18.4. The number of carbonyl (C=O) groups is 2. The normalized spacial score (nSPS) is 18.2. The standard InChI is InChI=1S/C22H17BrClNO3S/c23-15-6-7-17-16(12-15)22(28,13-18(26)19-8-9-20(24)29-19)21(27)25(17)11-10-14-4-2-1-3-5-14/h1-9,12,28H,10-11,13H2/t22-/m0/s1. The van der Waals surface area contributed by atoms with Crippen LogP contribution in [0.1, 0.15) is 27.2 Å². The monoisotopic (exact) mass is 489 g/mol. The van der Waals surface area contributed by atoms with Gasteiger partial charge in [0, 0.05) is 16.6 Å². The molecule has 7 heteroatoms. The molecule has 2 heterocycles. The molecule has 0 unspecified atom stereocenters. The summed E-state index contributed by atoms with van der Waals surface area (Å²) in [5.41, 5.74) is 0.275. The molecule has 0 spiro atoms. The van der Waals surface area contributed by atoms with Gasteiger partial charge in [-0.2, -0.15) is 0 Å². The van der Waals surface area contributed by atoms with E-state index in [0.717, 1.165) is 21.4 Å². The zero-order valence-corrected chi connectivity index (χ0v) is 18.4. The second-order valence-electron chi connectivity index (χ2n) is 6.92. The van der Waals surface area contributed by atoms with Gasteiger partial charge in [0.25, 0.3) is 5.91 Å². The van der Waals surface area contributed by atoms with Crippen LogP contribution in [0.2, 0.25) is 4.34 Å². The first-order valence-corrected chi connectivity index (χ1v) is 11.0. The molecule has 3 aromatic rings. The van der Waals surface area contributed by atoms with Crippen LogP contribution >= 0.6 is 38.9 Å². The summed E-state index contributed by atoms with van der Waals surface area (Å²) in [4.78, 5) is 28.0. The summed E-state index contributed by atoms with van der Waals surface area (Å²) in [5.74, 6) is -0.786. The predicted octanol–water partition coefficient (Wildman–Crippen LogP) is 5.21. The molecule has 0 bridgehead atoms. The zero-order valence-electron chi connectivity index (χ0n) is 15.3. The molecule has 1 aliphatic rings. The lowest BCUT2D eigenvalue weighted by atomic mass is 9.89. The largest absolute Gasteiger partial charge is 0.375 e. The highest BCUT2D eigenvalue weighted by Crippen LogP contribution is 2.44. The molecule has 0 radical (unpaired) electrons. The Hall–Kier alpha value is -1.99. The van der Waals surface area contributed by atoms with Gasteiger partial charge in [-0.05, 0) is 42.3 Å². The lowest BCUT2D eigenvalue weighted by Crippen LogP contribution is -2.42. The topological polar surface area (TPSA) is 57.6 Å². The second-order valence-corrected chi connectivity index (χ2v) is 9.55. The Morgan fingerprint density at radius 2 is 1.90 bits per heavy atom. The van der Waals surface area contributed by atoms with E-state index in [1.54, 1.807) is 29.2 Å². The van der Waals surface area contributed by atoms with E-state index in [1.165, 1.54) is 0 Å². The van der Waals surface area contributed by atoms with Crippen molar-refractivity contribution in [1.29, 1.82) is 0 Å². The highest BCUT2D eigenvalue weighted by molar-refractivity contribution is 9.10. The molecule has 4 rings (SSSR count). The number of carbonyl (C=O) groups excluding carboxylic acids is 2. The number of thiophene rings is 1. The van der Waals surface area contributed by atoms with Crippen molar-refractivity contribution < 1.29 is 14.7 Å². The number of fused-ring (bicyclic) bond motifs is 1. The minimum Gasteiger partial charge on any atom is -0.375 e. The molecule has 1 atom stereocenters. The summed E-state index contributed by atoms with van der Waals surface area (Å²) in [7, 11) is 0. The van der Waals surface area contributed by atoms with Crippen LogP contribution in [0.4, 0.5) is 5.69 Å². The van der Waals surface area contributed by atoms with Crippen molar-refractivity contribution in [3.8, 4) is 0 Å². The van der Waals surface area contributed by atoms with E-state index < -0.39 is 11.5 Å². The fourth-order valence-corrected chi connectivity index (χ4v) is 4.93. The lowest BCUT2D eigenvalue weighted by molar-refractivity contribution is -0.135. The molecule has 1 N–H and O–H groups in total. The van der Waals surface area contributed by atoms with Crippen molar-refractivity contribution in [2.75, 3.05) is 11.4 Å². The Bertz CT molecular complexity index is 1080. The van der Waals surface area contributed by atoms with Gasteiger partial charge in [0.15, 0.2) is 11.4 Å². The fourth-order valence-electron chi connectivity index (χ4n) is 3.58. The molecule has 0 saturated carbocycles. The van der Waals surface area contributed by atoms with E-state index in [0.29, 0.717) is 33.4 Å². The third-order valence-electron chi connectivity index (χ3n) is 5.03. The molecule has 0 fully saturated rings. The van der Waals surface area contributed by atoms with Crippen LogP contribution < -0.4 is 4.90 Å². The van der Waals surface area contributed by atoms with Gasteiger partial charge in [0.1, 0.15) is 0 Å². The summed E-state index contributed by atoms with van der Waals surface area (Å²) in [6.07, 6.45) is 0.320. The van der Waals surface area contributed by atoms with E-state index in [4.69, 9.17) is 11.6 Å². The average Bonchev–Trinajstić information content (AvgIpc) is 3.23. The van der Waals surface area contributed by atoms with E-state index in [1.807, 2.05) is 36.4 Å². The van der Waals surface area contributed by atoms with Crippen molar-refractivity contribution in [2.45, 2.75) is 18.4 Å². The molecule has 4 nitrogen and oxygen atoms in total. The van der Waals surface area contributed by atoms with Gasteiger partial charge in [-0.3, -0.25) is 9.59 Å². The van der Waals surface area contributed by atoms with Crippen LogP contribution in [-0.2, 0) is 16.8 Å². The van der Waals surface area contributed by atoms with Crippen molar-refractivity contribution in [3.05, 3.63) is 85.5 Å².